The molecule has 2 heterocycles. The summed E-state index contributed by atoms with van der Waals surface area (Å²) in [6, 6.07) is 12.7. The normalized spacial score (nSPS) is 21.0. The van der Waals surface area contributed by atoms with E-state index >= 15 is 0 Å². The first kappa shape index (κ1) is 31.0. The molecule has 11 nitrogen and oxygen atoms in total. The highest BCUT2D eigenvalue weighted by atomic mass is 16.5. The first-order valence-electron chi connectivity index (χ1n) is 14.4. The van der Waals surface area contributed by atoms with Gasteiger partial charge in [-0.3, -0.25) is 24.1 Å². The van der Waals surface area contributed by atoms with Crippen LogP contribution in [0.25, 0.3) is 0 Å². The van der Waals surface area contributed by atoms with Gasteiger partial charge in [0.25, 0.3) is 5.91 Å². The summed E-state index contributed by atoms with van der Waals surface area (Å²) in [4.78, 5) is 56.7. The highest BCUT2D eigenvalue weighted by Gasteiger charge is 2.31. The molecule has 2 aliphatic heterocycles. The van der Waals surface area contributed by atoms with Gasteiger partial charge in [0.05, 0.1) is 31.7 Å². The molecule has 42 heavy (non-hydrogen) atoms. The number of ether oxygens (including phenoxy) is 2. The van der Waals surface area contributed by atoms with Crippen LogP contribution in [0, 0.1) is 5.92 Å². The zero-order valence-electron chi connectivity index (χ0n) is 24.6. The number of rotatable bonds is 6. The molecule has 11 heteroatoms. The number of morpholine rings is 1. The van der Waals surface area contributed by atoms with Crippen LogP contribution in [0.4, 0.5) is 0 Å². The van der Waals surface area contributed by atoms with Crippen molar-refractivity contribution in [2.24, 2.45) is 5.92 Å². The van der Waals surface area contributed by atoms with Gasteiger partial charge >= 0.3 is 0 Å². The van der Waals surface area contributed by atoms with E-state index in [-0.39, 0.29) is 43.5 Å². The second-order valence-corrected chi connectivity index (χ2v) is 11.0. The molecule has 1 saturated heterocycles. The minimum Gasteiger partial charge on any atom is -0.491 e. The molecule has 0 spiro atoms. The van der Waals surface area contributed by atoms with Gasteiger partial charge in [0, 0.05) is 33.2 Å². The summed E-state index contributed by atoms with van der Waals surface area (Å²) in [5.41, 5.74) is 2.29. The van der Waals surface area contributed by atoms with Crippen molar-refractivity contribution in [3.05, 3.63) is 65.2 Å². The van der Waals surface area contributed by atoms with Crippen molar-refractivity contribution in [2.45, 2.75) is 45.4 Å². The second kappa shape index (κ2) is 14.8. The fourth-order valence-corrected chi connectivity index (χ4v) is 4.89. The van der Waals surface area contributed by atoms with Crippen LogP contribution < -0.4 is 20.7 Å². The Morgan fingerprint density at radius 2 is 1.64 bits per heavy atom. The lowest BCUT2D eigenvalue weighted by Crippen LogP contribution is -2.54. The number of likely N-dealkylation sites (N-methyl/N-ethyl adjacent to an activating group) is 1. The molecular formula is C31H41N5O6. The number of hydrogen-bond donors (Lipinski definition) is 3. The lowest BCUT2D eigenvalue weighted by atomic mass is 10.0. The summed E-state index contributed by atoms with van der Waals surface area (Å²) in [6.45, 7) is 8.44. The van der Waals surface area contributed by atoms with Crippen molar-refractivity contribution in [3.8, 4) is 5.75 Å². The molecule has 2 atom stereocenters. The number of fused-ring (bicyclic) bond motifs is 1. The molecule has 0 aliphatic carbocycles. The van der Waals surface area contributed by atoms with Gasteiger partial charge in [-0.05, 0) is 29.2 Å². The van der Waals surface area contributed by atoms with Crippen LogP contribution in [0.15, 0.2) is 48.5 Å². The Morgan fingerprint density at radius 1 is 0.952 bits per heavy atom. The second-order valence-electron chi connectivity index (χ2n) is 11.0. The third-order valence-corrected chi connectivity index (χ3v) is 7.45. The molecule has 0 aromatic heterocycles. The number of benzene rings is 2. The summed E-state index contributed by atoms with van der Waals surface area (Å²) in [6.07, 6.45) is -0.334. The molecule has 1 fully saturated rings. The Hall–Kier alpha value is -3.96. The third kappa shape index (κ3) is 8.53. The number of carbonyl (C=O) groups is 4. The van der Waals surface area contributed by atoms with E-state index in [2.05, 4.69) is 20.9 Å². The van der Waals surface area contributed by atoms with Crippen molar-refractivity contribution >= 4 is 23.6 Å². The van der Waals surface area contributed by atoms with Crippen LogP contribution in [-0.4, -0.2) is 92.0 Å². The monoisotopic (exact) mass is 579 g/mol. The van der Waals surface area contributed by atoms with Crippen LogP contribution in [-0.2, 0) is 32.2 Å². The number of carbonyl (C=O) groups excluding carboxylic acids is 4. The Balaban J connectivity index is 1.47. The lowest BCUT2D eigenvalue weighted by Gasteiger charge is -2.28. The Kier molecular flexibility index (Phi) is 10.9. The number of amides is 4. The molecule has 2 aromatic rings. The summed E-state index contributed by atoms with van der Waals surface area (Å²) < 4.78 is 11.3. The molecule has 0 unspecified atom stereocenters. The van der Waals surface area contributed by atoms with E-state index in [9.17, 15) is 19.2 Å². The summed E-state index contributed by atoms with van der Waals surface area (Å²) in [5.74, 6) is -1.67. The molecule has 0 bridgehead atoms. The van der Waals surface area contributed by atoms with Crippen LogP contribution in [0.1, 0.15) is 41.8 Å². The van der Waals surface area contributed by atoms with E-state index in [4.69, 9.17) is 9.47 Å². The molecule has 0 radical (unpaired) electrons. The highest BCUT2D eigenvalue weighted by molar-refractivity contribution is 6.01. The molecule has 2 aromatic carbocycles. The van der Waals surface area contributed by atoms with Gasteiger partial charge in [0.15, 0.2) is 0 Å². The van der Waals surface area contributed by atoms with Crippen LogP contribution in [0.5, 0.6) is 5.75 Å². The summed E-state index contributed by atoms with van der Waals surface area (Å²) in [7, 11) is 1.64. The van der Waals surface area contributed by atoms with E-state index in [1.807, 2.05) is 38.1 Å². The summed E-state index contributed by atoms with van der Waals surface area (Å²) in [5, 5.41) is 8.33. The predicted molar refractivity (Wildman–Crippen MR) is 157 cm³/mol. The molecule has 2 aliphatic rings. The SMILES string of the molecule is CC(C)[C@@H]1NC(=O)C[C@@H](C(=O)NCc2ccc(CN3CCOCC3)cc2)NC(=O)c2ccccc2OCCN(C)C1=O. The smallest absolute Gasteiger partial charge is 0.255 e. The fraction of sp³-hybridized carbons (Fsp3) is 0.484. The van der Waals surface area contributed by atoms with Crippen LogP contribution >= 0.6 is 0 Å². The number of nitrogens with zero attached hydrogens (tertiary/aromatic N) is 2. The Morgan fingerprint density at radius 3 is 2.36 bits per heavy atom. The van der Waals surface area contributed by atoms with Gasteiger partial charge in [-0.1, -0.05) is 50.2 Å². The molecule has 0 saturated carbocycles. The van der Waals surface area contributed by atoms with Crippen LogP contribution in [0.3, 0.4) is 0 Å². The zero-order valence-corrected chi connectivity index (χ0v) is 24.6. The highest BCUT2D eigenvalue weighted by Crippen LogP contribution is 2.19. The van der Waals surface area contributed by atoms with Crippen molar-refractivity contribution in [1.82, 2.24) is 25.8 Å². The molecule has 4 amide bonds. The van der Waals surface area contributed by atoms with E-state index in [0.29, 0.717) is 5.75 Å². The fourth-order valence-electron chi connectivity index (χ4n) is 4.89. The van der Waals surface area contributed by atoms with E-state index in [1.165, 1.54) is 10.5 Å². The first-order valence-corrected chi connectivity index (χ1v) is 14.4. The van der Waals surface area contributed by atoms with Gasteiger partial charge in [0.2, 0.25) is 17.7 Å². The largest absolute Gasteiger partial charge is 0.491 e. The molecule has 3 N–H and O–H groups in total. The number of para-hydroxylation sites is 1. The standard InChI is InChI=1S/C31H41N5O6/c1-21(2)28-31(40)35(3)12-17-42-26-7-5-4-6-24(26)29(38)33-25(18-27(37)34-28)30(39)32-19-22-8-10-23(11-9-22)20-36-13-15-41-16-14-36/h4-11,21,25,28H,12-20H2,1-3H3,(H,32,39)(H,33,38)(H,34,37)/t25-,28-/m0/s1. The maximum atomic E-state index is 13.3. The maximum absolute atomic E-state index is 13.3. The predicted octanol–water partition coefficient (Wildman–Crippen LogP) is 1.32. The molecule has 226 valence electrons. The van der Waals surface area contributed by atoms with Crippen molar-refractivity contribution in [1.29, 1.82) is 0 Å². The van der Waals surface area contributed by atoms with Crippen molar-refractivity contribution < 1.29 is 28.7 Å². The number of hydrogen-bond acceptors (Lipinski definition) is 7. The van der Waals surface area contributed by atoms with E-state index in [1.54, 1.807) is 31.3 Å². The van der Waals surface area contributed by atoms with Crippen molar-refractivity contribution in [3.63, 3.8) is 0 Å². The van der Waals surface area contributed by atoms with E-state index < -0.39 is 29.8 Å². The third-order valence-electron chi connectivity index (χ3n) is 7.45. The van der Waals surface area contributed by atoms with Gasteiger partial charge < -0.3 is 30.3 Å². The van der Waals surface area contributed by atoms with Gasteiger partial charge in [-0.25, -0.2) is 0 Å². The average Bonchev–Trinajstić information content (AvgIpc) is 2.98. The van der Waals surface area contributed by atoms with Gasteiger partial charge in [-0.15, -0.1) is 0 Å². The van der Waals surface area contributed by atoms with Crippen molar-refractivity contribution in [2.75, 3.05) is 46.5 Å². The van der Waals surface area contributed by atoms with Gasteiger partial charge in [0.1, 0.15) is 24.4 Å². The van der Waals surface area contributed by atoms with Crippen LogP contribution in [0.2, 0.25) is 0 Å². The van der Waals surface area contributed by atoms with E-state index in [0.717, 1.165) is 38.4 Å². The lowest BCUT2D eigenvalue weighted by molar-refractivity contribution is -0.137. The van der Waals surface area contributed by atoms with Gasteiger partial charge in [-0.2, -0.15) is 0 Å². The zero-order chi connectivity index (χ0) is 30.1. The minimum absolute atomic E-state index is 0.153. The molecular weight excluding hydrogens is 538 g/mol. The first-order chi connectivity index (χ1) is 20.2. The number of nitrogens with one attached hydrogen (secondary N) is 3. The average molecular weight is 580 g/mol. The Labute approximate surface area is 246 Å². The quantitative estimate of drug-likeness (QED) is 0.471. The minimum atomic E-state index is -1.17. The summed E-state index contributed by atoms with van der Waals surface area (Å²) >= 11 is 0. The Bertz CT molecular complexity index is 1240. The topological polar surface area (TPSA) is 129 Å². The maximum Gasteiger partial charge on any atom is 0.255 e. The molecule has 4 rings (SSSR count).